The minimum Gasteiger partial charge on any atom is -0.0890 e. The molecule has 6 heteroatoms. The van der Waals surface area contributed by atoms with Crippen molar-refractivity contribution < 1.29 is 0 Å². The molecule has 0 aromatic heterocycles. The molecule has 0 saturated heterocycles. The second kappa shape index (κ2) is 9.79. The average molecular weight is 529 g/mol. The van der Waals surface area contributed by atoms with E-state index in [1.807, 2.05) is 64.8 Å². The smallest absolute Gasteiger partial charge is 0.0298 e. The Morgan fingerprint density at radius 1 is 0.531 bits per heavy atom. The van der Waals surface area contributed by atoms with Crippen LogP contribution in [0.5, 0.6) is 0 Å². The summed E-state index contributed by atoms with van der Waals surface area (Å²) in [5.41, 5.74) is 16.5. The van der Waals surface area contributed by atoms with Gasteiger partial charge in [-0.05, 0) is 85.8 Å². The lowest BCUT2D eigenvalue weighted by Gasteiger charge is -2.25. The van der Waals surface area contributed by atoms with Gasteiger partial charge < -0.3 is 0 Å². The topological polar surface area (TPSA) is 0 Å². The van der Waals surface area contributed by atoms with Crippen LogP contribution in [0.2, 0.25) is 0 Å². The third-order valence-corrected chi connectivity index (χ3v) is 13.1. The fourth-order valence-electron chi connectivity index (χ4n) is 4.69. The molecule has 0 spiro atoms. The van der Waals surface area contributed by atoms with Crippen LogP contribution in [0.4, 0.5) is 0 Å². The van der Waals surface area contributed by atoms with E-state index in [9.17, 15) is 0 Å². The molecule has 0 unspecified atom stereocenters. The maximum atomic E-state index is 2.52. The van der Waals surface area contributed by atoms with Gasteiger partial charge in [0.25, 0.3) is 0 Å². The van der Waals surface area contributed by atoms with Crippen LogP contribution in [0, 0.1) is 0 Å². The molecule has 3 aliphatic rings. The van der Waals surface area contributed by atoms with Crippen molar-refractivity contribution in [2.24, 2.45) is 0 Å². The highest BCUT2D eigenvalue weighted by molar-refractivity contribution is 8.76. The van der Waals surface area contributed by atoms with E-state index in [4.69, 9.17) is 0 Å². The Kier molecular flexibility index (Phi) is 6.80. The van der Waals surface area contributed by atoms with Crippen LogP contribution in [0.1, 0.15) is 45.9 Å². The van der Waals surface area contributed by atoms with Crippen LogP contribution in [0.25, 0.3) is 22.3 Å². The Morgan fingerprint density at radius 3 is 1.81 bits per heavy atom. The quantitative estimate of drug-likeness (QED) is 0.308. The summed E-state index contributed by atoms with van der Waals surface area (Å²) < 4.78 is 0. The zero-order valence-corrected chi connectivity index (χ0v) is 22.8. The van der Waals surface area contributed by atoms with Crippen molar-refractivity contribution in [3.8, 4) is 22.3 Å². The lowest BCUT2D eigenvalue weighted by atomic mass is 9.87. The first-order chi connectivity index (χ1) is 15.8. The van der Waals surface area contributed by atoms with Crippen molar-refractivity contribution in [2.75, 3.05) is 0 Å². The Morgan fingerprint density at radius 2 is 1.09 bits per heavy atom. The van der Waals surface area contributed by atoms with E-state index in [-0.39, 0.29) is 0 Å². The van der Waals surface area contributed by atoms with Crippen molar-refractivity contribution in [3.05, 3.63) is 81.4 Å². The first kappa shape index (κ1) is 22.2. The van der Waals surface area contributed by atoms with Gasteiger partial charge in [0, 0.05) is 34.5 Å². The maximum Gasteiger partial charge on any atom is 0.0298 e. The summed E-state index contributed by atoms with van der Waals surface area (Å²) in [6.07, 6.45) is 1.10. The molecule has 3 aliphatic heterocycles. The van der Waals surface area contributed by atoms with Crippen LogP contribution in [0.3, 0.4) is 0 Å². The van der Waals surface area contributed by atoms with Crippen LogP contribution >= 0.6 is 64.8 Å². The van der Waals surface area contributed by atoms with Gasteiger partial charge in [-0.15, -0.1) is 0 Å². The molecule has 6 rings (SSSR count). The molecule has 0 fully saturated rings. The molecule has 0 N–H and O–H groups in total. The normalized spacial score (nSPS) is 17.4. The molecular weight excluding hydrogens is 505 g/mol. The highest BCUT2D eigenvalue weighted by Crippen LogP contribution is 2.47. The van der Waals surface area contributed by atoms with E-state index in [1.54, 1.807) is 16.7 Å². The van der Waals surface area contributed by atoms with Gasteiger partial charge in [-0.3, -0.25) is 0 Å². The molecule has 0 saturated carbocycles. The molecule has 32 heavy (non-hydrogen) atoms. The van der Waals surface area contributed by atoms with Gasteiger partial charge in [0.15, 0.2) is 0 Å². The minimum atomic E-state index is 1.10. The monoisotopic (exact) mass is 528 g/mol. The van der Waals surface area contributed by atoms with E-state index in [0.717, 1.165) is 40.9 Å². The van der Waals surface area contributed by atoms with Crippen molar-refractivity contribution in [1.29, 1.82) is 0 Å². The van der Waals surface area contributed by atoms with Gasteiger partial charge in [0.05, 0.1) is 0 Å². The molecule has 0 radical (unpaired) electrons. The second-order valence-corrected chi connectivity index (χ2v) is 15.7. The summed E-state index contributed by atoms with van der Waals surface area (Å²) in [6.45, 7) is 2.28. The molecule has 0 amide bonds. The Bertz CT molecular complexity index is 1190. The van der Waals surface area contributed by atoms with Gasteiger partial charge in [0.1, 0.15) is 0 Å². The van der Waals surface area contributed by atoms with Gasteiger partial charge in [-0.1, -0.05) is 96.0 Å². The summed E-state index contributed by atoms with van der Waals surface area (Å²) in [6, 6.07) is 17.2. The standard InChI is InChI=1S/C26H24S6/c1-2-16-5-21-12-29-31-14-25(21)23(6-16)19-8-22-13-30-32-15-26(22)24(9-19)17-3-4-18-10-27-28-11-20(18)7-17/h3-9H,2,10-15H2,1H3. The molecule has 0 bridgehead atoms. The number of hydrogen-bond donors (Lipinski definition) is 0. The lowest BCUT2D eigenvalue weighted by molar-refractivity contribution is 1.12. The van der Waals surface area contributed by atoms with E-state index in [2.05, 4.69) is 49.4 Å². The zero-order chi connectivity index (χ0) is 21.5. The number of benzene rings is 3. The van der Waals surface area contributed by atoms with Crippen molar-refractivity contribution in [1.82, 2.24) is 0 Å². The summed E-state index contributed by atoms with van der Waals surface area (Å²) in [5.74, 6) is 6.73. The zero-order valence-electron chi connectivity index (χ0n) is 17.9. The predicted molar refractivity (Wildman–Crippen MR) is 154 cm³/mol. The average Bonchev–Trinajstić information content (AvgIpc) is 2.87. The first-order valence-electron chi connectivity index (χ1n) is 11.0. The van der Waals surface area contributed by atoms with E-state index < -0.39 is 0 Å². The van der Waals surface area contributed by atoms with Crippen LogP contribution in [-0.4, -0.2) is 0 Å². The Hall–Kier alpha value is -0.240. The molecule has 0 aliphatic carbocycles. The maximum absolute atomic E-state index is 2.52. The van der Waals surface area contributed by atoms with Crippen LogP contribution < -0.4 is 0 Å². The summed E-state index contributed by atoms with van der Waals surface area (Å²) in [4.78, 5) is 0. The summed E-state index contributed by atoms with van der Waals surface area (Å²) in [5, 5.41) is 0. The molecule has 3 aromatic rings. The second-order valence-electron chi connectivity index (χ2n) is 8.35. The summed E-state index contributed by atoms with van der Waals surface area (Å²) >= 11 is 0. The first-order valence-corrected chi connectivity index (χ1v) is 18.4. The largest absolute Gasteiger partial charge is 0.0890 e. The number of hydrogen-bond acceptors (Lipinski definition) is 6. The number of fused-ring (bicyclic) bond motifs is 3. The molecule has 3 aromatic carbocycles. The highest BCUT2D eigenvalue weighted by Gasteiger charge is 2.22. The predicted octanol–water partition coefficient (Wildman–Crippen LogP) is 9.77. The lowest BCUT2D eigenvalue weighted by Crippen LogP contribution is -2.04. The highest BCUT2D eigenvalue weighted by atomic mass is 33.1. The van der Waals surface area contributed by atoms with Crippen molar-refractivity contribution in [2.45, 2.75) is 47.9 Å². The van der Waals surface area contributed by atoms with Gasteiger partial charge in [-0.25, -0.2) is 0 Å². The van der Waals surface area contributed by atoms with Gasteiger partial charge in [-0.2, -0.15) is 0 Å². The van der Waals surface area contributed by atoms with Crippen LogP contribution in [-0.2, 0) is 40.9 Å². The molecule has 0 nitrogen and oxygen atoms in total. The van der Waals surface area contributed by atoms with Gasteiger partial charge >= 0.3 is 0 Å². The van der Waals surface area contributed by atoms with E-state index >= 15 is 0 Å². The fraction of sp³-hybridized carbons (Fsp3) is 0.308. The third-order valence-electron chi connectivity index (χ3n) is 6.50. The van der Waals surface area contributed by atoms with E-state index in [1.165, 1.54) is 44.5 Å². The Labute approximate surface area is 214 Å². The SMILES string of the molecule is CCc1cc2c(c(-c3cc4c(c(-c5ccc6c(c5)CSSC6)c3)CSSC4)c1)CSSC2. The summed E-state index contributed by atoms with van der Waals surface area (Å²) in [7, 11) is 12.0. The minimum absolute atomic E-state index is 1.10. The Balaban J connectivity index is 1.54. The van der Waals surface area contributed by atoms with Crippen molar-refractivity contribution >= 4 is 64.8 Å². The molecule has 3 heterocycles. The third kappa shape index (κ3) is 4.29. The molecule has 0 atom stereocenters. The molecular formula is C26H24S6. The fourth-order valence-corrected chi connectivity index (χ4v) is 11.4. The van der Waals surface area contributed by atoms with Crippen molar-refractivity contribution in [3.63, 3.8) is 0 Å². The van der Waals surface area contributed by atoms with Crippen LogP contribution in [0.15, 0.2) is 42.5 Å². The number of aryl methyl sites for hydroxylation is 1. The number of rotatable bonds is 3. The van der Waals surface area contributed by atoms with E-state index in [0.29, 0.717) is 0 Å². The van der Waals surface area contributed by atoms with Gasteiger partial charge in [0.2, 0.25) is 0 Å². The molecule has 164 valence electrons.